The van der Waals surface area contributed by atoms with Crippen molar-refractivity contribution in [3.05, 3.63) is 30.4 Å². The fourth-order valence-corrected chi connectivity index (χ4v) is 2.59. The number of carbonyl (C=O) groups is 1. The molecule has 0 bridgehead atoms. The Bertz CT molecular complexity index is 705. The highest BCUT2D eigenvalue weighted by Gasteiger charge is 2.34. The summed E-state index contributed by atoms with van der Waals surface area (Å²) in [6.45, 7) is 6.06. The molecule has 2 aromatic rings. The van der Waals surface area contributed by atoms with Gasteiger partial charge in [0, 0.05) is 24.6 Å². The molecule has 8 heteroatoms. The van der Waals surface area contributed by atoms with Gasteiger partial charge in [-0.3, -0.25) is 4.98 Å². The van der Waals surface area contributed by atoms with Gasteiger partial charge in [0.25, 0.3) is 5.89 Å². The van der Waals surface area contributed by atoms with Gasteiger partial charge in [0.1, 0.15) is 11.6 Å². The molecule has 25 heavy (non-hydrogen) atoms. The first-order chi connectivity index (χ1) is 11.9. The molecule has 1 fully saturated rings. The molecule has 1 amide bonds. The molecular formula is C17H22N4O4. The average molecular weight is 346 g/mol. The highest BCUT2D eigenvalue weighted by atomic mass is 16.6. The van der Waals surface area contributed by atoms with E-state index in [0.717, 1.165) is 18.4 Å². The van der Waals surface area contributed by atoms with Gasteiger partial charge < -0.3 is 19.3 Å². The number of amides is 1. The third-order valence-electron chi connectivity index (χ3n) is 3.66. The van der Waals surface area contributed by atoms with E-state index >= 15 is 0 Å². The Hall–Kier alpha value is -2.48. The van der Waals surface area contributed by atoms with Gasteiger partial charge in [0.15, 0.2) is 0 Å². The van der Waals surface area contributed by atoms with Gasteiger partial charge in [0.05, 0.1) is 6.10 Å². The Morgan fingerprint density at radius 2 is 2.12 bits per heavy atom. The molecule has 2 aromatic heterocycles. The second-order valence-electron chi connectivity index (χ2n) is 6.87. The van der Waals surface area contributed by atoms with Crippen LogP contribution in [0.15, 0.2) is 29.0 Å². The Labute approximate surface area is 145 Å². The molecule has 2 unspecified atom stereocenters. The SMILES string of the molecule is CC(C)(C)OC(=O)NC(c1nc(-c2ccncc2)no1)C1CCCO1. The summed E-state index contributed by atoms with van der Waals surface area (Å²) in [7, 11) is 0. The molecule has 0 saturated carbocycles. The number of pyridine rings is 1. The molecule has 1 aliphatic rings. The smallest absolute Gasteiger partial charge is 0.408 e. The number of carbonyl (C=O) groups excluding carboxylic acids is 1. The van der Waals surface area contributed by atoms with Crippen molar-refractivity contribution in [1.82, 2.24) is 20.4 Å². The summed E-state index contributed by atoms with van der Waals surface area (Å²) in [4.78, 5) is 20.6. The van der Waals surface area contributed by atoms with Crippen LogP contribution in [0.4, 0.5) is 4.79 Å². The fourth-order valence-electron chi connectivity index (χ4n) is 2.59. The van der Waals surface area contributed by atoms with Crippen LogP contribution in [0, 0.1) is 0 Å². The minimum absolute atomic E-state index is 0.224. The summed E-state index contributed by atoms with van der Waals surface area (Å²) >= 11 is 0. The number of ether oxygens (including phenoxy) is 2. The van der Waals surface area contributed by atoms with Crippen molar-refractivity contribution in [2.45, 2.75) is 51.4 Å². The van der Waals surface area contributed by atoms with Gasteiger partial charge in [0.2, 0.25) is 5.82 Å². The van der Waals surface area contributed by atoms with E-state index in [0.29, 0.717) is 18.3 Å². The first-order valence-corrected chi connectivity index (χ1v) is 8.27. The quantitative estimate of drug-likeness (QED) is 0.908. The maximum atomic E-state index is 12.2. The van der Waals surface area contributed by atoms with Crippen LogP contribution in [-0.4, -0.2) is 39.5 Å². The van der Waals surface area contributed by atoms with Crippen molar-refractivity contribution in [2.75, 3.05) is 6.61 Å². The number of aromatic nitrogens is 3. The van der Waals surface area contributed by atoms with Crippen LogP contribution in [0.2, 0.25) is 0 Å². The molecule has 3 heterocycles. The maximum absolute atomic E-state index is 12.2. The van der Waals surface area contributed by atoms with E-state index in [9.17, 15) is 4.79 Å². The lowest BCUT2D eigenvalue weighted by Gasteiger charge is -2.24. The second kappa shape index (κ2) is 7.18. The topological polar surface area (TPSA) is 99.4 Å². The first-order valence-electron chi connectivity index (χ1n) is 8.27. The van der Waals surface area contributed by atoms with Crippen LogP contribution in [0.25, 0.3) is 11.4 Å². The first kappa shape index (κ1) is 17.3. The van der Waals surface area contributed by atoms with Crippen molar-refractivity contribution in [1.29, 1.82) is 0 Å². The molecule has 2 atom stereocenters. The number of alkyl carbamates (subject to hydrolysis) is 1. The third-order valence-corrected chi connectivity index (χ3v) is 3.66. The van der Waals surface area contributed by atoms with Crippen molar-refractivity contribution in [2.24, 2.45) is 0 Å². The molecule has 3 rings (SSSR count). The molecule has 0 radical (unpaired) electrons. The summed E-state index contributed by atoms with van der Waals surface area (Å²) in [5.74, 6) is 0.732. The number of hydrogen-bond acceptors (Lipinski definition) is 7. The number of rotatable bonds is 4. The summed E-state index contributed by atoms with van der Waals surface area (Å²) in [6.07, 6.45) is 4.26. The molecule has 1 aliphatic heterocycles. The number of nitrogens with zero attached hydrogens (tertiary/aromatic N) is 3. The predicted molar refractivity (Wildman–Crippen MR) is 88.6 cm³/mol. The number of nitrogens with one attached hydrogen (secondary N) is 1. The Kier molecular flexibility index (Phi) is 4.98. The van der Waals surface area contributed by atoms with Crippen molar-refractivity contribution < 1.29 is 18.8 Å². The van der Waals surface area contributed by atoms with Crippen LogP contribution in [0.3, 0.4) is 0 Å². The normalized spacial score (nSPS) is 18.8. The van der Waals surface area contributed by atoms with E-state index in [1.807, 2.05) is 20.8 Å². The van der Waals surface area contributed by atoms with Gasteiger partial charge in [-0.2, -0.15) is 4.98 Å². The van der Waals surface area contributed by atoms with E-state index in [-0.39, 0.29) is 6.10 Å². The molecule has 8 nitrogen and oxygen atoms in total. The van der Waals surface area contributed by atoms with Crippen molar-refractivity contribution in [3.63, 3.8) is 0 Å². The molecule has 0 aromatic carbocycles. The molecule has 0 spiro atoms. The van der Waals surface area contributed by atoms with Gasteiger partial charge in [-0.25, -0.2) is 4.79 Å². The minimum Gasteiger partial charge on any atom is -0.444 e. The van der Waals surface area contributed by atoms with Gasteiger partial charge in [-0.1, -0.05) is 5.16 Å². The minimum atomic E-state index is -0.595. The van der Waals surface area contributed by atoms with Crippen LogP contribution in [0.5, 0.6) is 0 Å². The molecule has 1 saturated heterocycles. The van der Waals surface area contributed by atoms with E-state index in [1.165, 1.54) is 0 Å². The predicted octanol–water partition coefficient (Wildman–Crippen LogP) is 2.88. The number of hydrogen-bond donors (Lipinski definition) is 1. The maximum Gasteiger partial charge on any atom is 0.408 e. The molecule has 134 valence electrons. The summed E-state index contributed by atoms with van der Waals surface area (Å²) in [5, 5.41) is 6.80. The van der Waals surface area contributed by atoms with Crippen LogP contribution >= 0.6 is 0 Å². The van der Waals surface area contributed by atoms with Gasteiger partial charge in [-0.15, -0.1) is 0 Å². The Morgan fingerprint density at radius 3 is 2.76 bits per heavy atom. The standard InChI is InChI=1S/C17H22N4O4/c1-17(2,3)24-16(22)19-13(12-5-4-10-23-12)15-20-14(21-25-15)11-6-8-18-9-7-11/h6-9,12-13H,4-5,10H2,1-3H3,(H,19,22). The van der Waals surface area contributed by atoms with E-state index in [2.05, 4.69) is 20.4 Å². The zero-order chi connectivity index (χ0) is 17.9. The zero-order valence-corrected chi connectivity index (χ0v) is 14.6. The van der Waals surface area contributed by atoms with Crippen molar-refractivity contribution >= 4 is 6.09 Å². The van der Waals surface area contributed by atoms with E-state index in [1.54, 1.807) is 24.5 Å². The van der Waals surface area contributed by atoms with E-state index < -0.39 is 17.7 Å². The van der Waals surface area contributed by atoms with Crippen LogP contribution in [0.1, 0.15) is 45.5 Å². The lowest BCUT2D eigenvalue weighted by Crippen LogP contribution is -2.39. The Morgan fingerprint density at radius 1 is 1.36 bits per heavy atom. The molecule has 1 N–H and O–H groups in total. The zero-order valence-electron chi connectivity index (χ0n) is 14.6. The summed E-state index contributed by atoms with van der Waals surface area (Å²) in [5.41, 5.74) is 0.190. The Balaban J connectivity index is 1.80. The van der Waals surface area contributed by atoms with Crippen LogP contribution < -0.4 is 5.32 Å². The van der Waals surface area contributed by atoms with Crippen LogP contribution in [-0.2, 0) is 9.47 Å². The summed E-state index contributed by atoms with van der Waals surface area (Å²) < 4.78 is 16.4. The molecular weight excluding hydrogens is 324 g/mol. The highest BCUT2D eigenvalue weighted by molar-refractivity contribution is 5.68. The van der Waals surface area contributed by atoms with Crippen molar-refractivity contribution in [3.8, 4) is 11.4 Å². The lowest BCUT2D eigenvalue weighted by molar-refractivity contribution is 0.0318. The average Bonchev–Trinajstić information content (AvgIpc) is 3.24. The second-order valence-corrected chi connectivity index (χ2v) is 6.87. The lowest BCUT2D eigenvalue weighted by atomic mass is 10.1. The van der Waals surface area contributed by atoms with Gasteiger partial charge >= 0.3 is 6.09 Å². The third kappa shape index (κ3) is 4.54. The highest BCUT2D eigenvalue weighted by Crippen LogP contribution is 2.28. The molecule has 0 aliphatic carbocycles. The summed E-state index contributed by atoms with van der Waals surface area (Å²) in [6, 6.07) is 3.02. The monoisotopic (exact) mass is 346 g/mol. The van der Waals surface area contributed by atoms with Gasteiger partial charge in [-0.05, 0) is 45.7 Å². The largest absolute Gasteiger partial charge is 0.444 e. The van der Waals surface area contributed by atoms with E-state index in [4.69, 9.17) is 14.0 Å². The fraction of sp³-hybridized carbons (Fsp3) is 0.529.